The summed E-state index contributed by atoms with van der Waals surface area (Å²) in [6, 6.07) is 19.7. The molecule has 1 aromatic heterocycles. The number of aromatic hydroxyl groups is 1. The molecule has 196 valence electrons. The molecular weight excluding hydrogens is 526 g/mol. The van der Waals surface area contributed by atoms with Crippen LogP contribution in [0.5, 0.6) is 17.2 Å². The lowest BCUT2D eigenvalue weighted by Gasteiger charge is -2.11. The molecular formula is C27H26ClN5O4S. The lowest BCUT2D eigenvalue weighted by Crippen LogP contribution is -2.20. The van der Waals surface area contributed by atoms with Gasteiger partial charge in [-0.3, -0.25) is 9.36 Å². The van der Waals surface area contributed by atoms with Crippen LogP contribution in [0.15, 0.2) is 77.0 Å². The number of nitrogens with zero attached hydrogens (tertiary/aromatic N) is 4. The minimum atomic E-state index is -0.315. The fourth-order valence-corrected chi connectivity index (χ4v) is 4.33. The van der Waals surface area contributed by atoms with Gasteiger partial charge < -0.3 is 14.6 Å². The van der Waals surface area contributed by atoms with Crippen molar-refractivity contribution in [2.75, 3.05) is 19.0 Å². The highest BCUT2D eigenvalue weighted by molar-refractivity contribution is 7.99. The van der Waals surface area contributed by atoms with Gasteiger partial charge in [0.15, 0.2) is 22.5 Å². The minimum absolute atomic E-state index is 0.0408. The maximum atomic E-state index is 12.5. The summed E-state index contributed by atoms with van der Waals surface area (Å²) in [4.78, 5) is 12.5. The summed E-state index contributed by atoms with van der Waals surface area (Å²) in [7, 11) is 0. The average molecular weight is 552 g/mol. The van der Waals surface area contributed by atoms with E-state index in [1.807, 2.05) is 54.8 Å². The van der Waals surface area contributed by atoms with E-state index in [0.29, 0.717) is 40.5 Å². The van der Waals surface area contributed by atoms with Gasteiger partial charge in [0.1, 0.15) is 5.75 Å². The van der Waals surface area contributed by atoms with Gasteiger partial charge in [-0.05, 0) is 86.1 Å². The van der Waals surface area contributed by atoms with Crippen molar-refractivity contribution in [2.24, 2.45) is 5.10 Å². The molecule has 4 rings (SSSR count). The van der Waals surface area contributed by atoms with E-state index in [4.69, 9.17) is 21.1 Å². The van der Waals surface area contributed by atoms with E-state index in [1.165, 1.54) is 24.0 Å². The molecule has 0 aliphatic rings. The lowest BCUT2D eigenvalue weighted by molar-refractivity contribution is -0.118. The van der Waals surface area contributed by atoms with Crippen molar-refractivity contribution >= 4 is 35.5 Å². The number of hydrazone groups is 1. The van der Waals surface area contributed by atoms with Crippen molar-refractivity contribution in [2.45, 2.75) is 19.0 Å². The molecule has 4 aromatic rings. The third-order valence-electron chi connectivity index (χ3n) is 5.16. The number of aromatic nitrogens is 3. The number of benzene rings is 3. The first-order valence-corrected chi connectivity index (χ1v) is 13.2. The van der Waals surface area contributed by atoms with Gasteiger partial charge in [0.25, 0.3) is 5.91 Å². The Labute approximate surface area is 229 Å². The number of carbonyl (C=O) groups excluding carboxylic acids is 1. The van der Waals surface area contributed by atoms with Gasteiger partial charge in [-0.15, -0.1) is 10.2 Å². The normalized spacial score (nSPS) is 11.0. The zero-order chi connectivity index (χ0) is 26.9. The molecule has 3 aromatic carbocycles. The second kappa shape index (κ2) is 13.0. The van der Waals surface area contributed by atoms with Crippen molar-refractivity contribution in [3.05, 3.63) is 77.3 Å². The number of halogens is 1. The molecule has 0 aliphatic carbocycles. The summed E-state index contributed by atoms with van der Waals surface area (Å²) >= 11 is 7.30. The number of nitrogens with one attached hydrogen (secondary N) is 1. The Hall–Kier alpha value is -4.02. The third kappa shape index (κ3) is 6.84. The van der Waals surface area contributed by atoms with Crippen molar-refractivity contribution in [1.82, 2.24) is 20.2 Å². The first kappa shape index (κ1) is 27.0. The predicted octanol–water partition coefficient (Wildman–Crippen LogP) is 5.33. The molecule has 38 heavy (non-hydrogen) atoms. The number of phenols is 1. The summed E-state index contributed by atoms with van der Waals surface area (Å²) in [6.45, 7) is 4.75. The first-order chi connectivity index (χ1) is 18.5. The molecule has 0 atom stereocenters. The smallest absolute Gasteiger partial charge is 0.250 e. The Morgan fingerprint density at radius 2 is 1.79 bits per heavy atom. The molecule has 0 saturated heterocycles. The summed E-state index contributed by atoms with van der Waals surface area (Å²) in [5.74, 6) is 1.51. The van der Waals surface area contributed by atoms with Crippen LogP contribution in [0.1, 0.15) is 19.4 Å². The Bertz CT molecular complexity index is 1410. The number of hydrogen-bond donors (Lipinski definition) is 2. The number of hydrogen-bond acceptors (Lipinski definition) is 8. The van der Waals surface area contributed by atoms with Crippen LogP contribution in [-0.4, -0.2) is 51.0 Å². The Kier molecular flexibility index (Phi) is 9.23. The number of rotatable bonds is 11. The van der Waals surface area contributed by atoms with Gasteiger partial charge >= 0.3 is 0 Å². The highest BCUT2D eigenvalue weighted by atomic mass is 35.5. The molecule has 9 nitrogen and oxygen atoms in total. The number of ether oxygens (including phenoxy) is 2. The van der Waals surface area contributed by atoms with E-state index < -0.39 is 0 Å². The SMILES string of the molecule is CCOc1ccc(-n2c(SCC(=O)NN=Cc3ccc(O)c(OCC)c3)nnc2-c2ccc(Cl)cc2)cc1. The monoisotopic (exact) mass is 551 g/mol. The van der Waals surface area contributed by atoms with Gasteiger partial charge in [0.2, 0.25) is 0 Å². The molecule has 0 unspecified atom stereocenters. The van der Waals surface area contributed by atoms with E-state index in [1.54, 1.807) is 24.3 Å². The van der Waals surface area contributed by atoms with Crippen LogP contribution in [0.4, 0.5) is 0 Å². The van der Waals surface area contributed by atoms with Crippen LogP contribution in [0.25, 0.3) is 17.1 Å². The third-order valence-corrected chi connectivity index (χ3v) is 6.34. The molecule has 2 N–H and O–H groups in total. The molecule has 0 saturated carbocycles. The van der Waals surface area contributed by atoms with Crippen molar-refractivity contribution < 1.29 is 19.4 Å². The second-order valence-electron chi connectivity index (χ2n) is 7.82. The Balaban J connectivity index is 1.49. The maximum absolute atomic E-state index is 12.5. The van der Waals surface area contributed by atoms with Gasteiger partial charge in [0.05, 0.1) is 25.2 Å². The van der Waals surface area contributed by atoms with E-state index in [0.717, 1.165) is 17.0 Å². The predicted molar refractivity (Wildman–Crippen MR) is 149 cm³/mol. The zero-order valence-corrected chi connectivity index (χ0v) is 22.4. The molecule has 0 bridgehead atoms. The van der Waals surface area contributed by atoms with Gasteiger partial charge in [-0.1, -0.05) is 23.4 Å². The van der Waals surface area contributed by atoms with Crippen molar-refractivity contribution in [3.63, 3.8) is 0 Å². The van der Waals surface area contributed by atoms with Gasteiger partial charge in [-0.2, -0.15) is 5.10 Å². The topological polar surface area (TPSA) is 111 Å². The van der Waals surface area contributed by atoms with E-state index in [-0.39, 0.29) is 17.4 Å². The van der Waals surface area contributed by atoms with Crippen LogP contribution in [0.2, 0.25) is 5.02 Å². The standard InChI is InChI=1S/C27H26ClN5O4S/c1-3-36-22-12-10-21(11-13-22)33-26(19-6-8-20(28)9-7-19)31-32-27(33)38-17-25(35)30-29-16-18-5-14-23(34)24(15-18)37-4-2/h5-16,34H,3-4,17H2,1-2H3,(H,30,35). The lowest BCUT2D eigenvalue weighted by atomic mass is 10.2. The van der Waals surface area contributed by atoms with Crippen LogP contribution < -0.4 is 14.9 Å². The zero-order valence-electron chi connectivity index (χ0n) is 20.8. The van der Waals surface area contributed by atoms with Crippen LogP contribution in [0, 0.1) is 0 Å². The highest BCUT2D eigenvalue weighted by Crippen LogP contribution is 2.30. The molecule has 0 spiro atoms. The van der Waals surface area contributed by atoms with Crippen LogP contribution >= 0.6 is 23.4 Å². The highest BCUT2D eigenvalue weighted by Gasteiger charge is 2.17. The Morgan fingerprint density at radius 3 is 2.50 bits per heavy atom. The maximum Gasteiger partial charge on any atom is 0.250 e. The quantitative estimate of drug-likeness (QED) is 0.147. The minimum Gasteiger partial charge on any atom is -0.504 e. The van der Waals surface area contributed by atoms with E-state index in [2.05, 4.69) is 20.7 Å². The number of carbonyl (C=O) groups is 1. The fraction of sp³-hybridized carbons (Fsp3) is 0.185. The Morgan fingerprint density at radius 1 is 1.05 bits per heavy atom. The van der Waals surface area contributed by atoms with Crippen LogP contribution in [0.3, 0.4) is 0 Å². The number of phenolic OH excluding ortho intramolecular Hbond substituents is 1. The van der Waals surface area contributed by atoms with Crippen molar-refractivity contribution in [3.8, 4) is 34.3 Å². The molecule has 0 fully saturated rings. The number of amides is 1. The second-order valence-corrected chi connectivity index (χ2v) is 9.20. The van der Waals surface area contributed by atoms with E-state index >= 15 is 0 Å². The van der Waals surface area contributed by atoms with Crippen LogP contribution in [-0.2, 0) is 4.79 Å². The first-order valence-electron chi connectivity index (χ1n) is 11.8. The van der Waals surface area contributed by atoms with E-state index in [9.17, 15) is 9.90 Å². The fourth-order valence-electron chi connectivity index (χ4n) is 3.46. The van der Waals surface area contributed by atoms with Gasteiger partial charge in [-0.25, -0.2) is 5.43 Å². The molecule has 11 heteroatoms. The molecule has 1 amide bonds. The summed E-state index contributed by atoms with van der Waals surface area (Å²) in [5.41, 5.74) is 4.83. The average Bonchev–Trinajstić information content (AvgIpc) is 3.34. The summed E-state index contributed by atoms with van der Waals surface area (Å²) in [6.07, 6.45) is 1.48. The molecule has 1 heterocycles. The largest absolute Gasteiger partial charge is 0.504 e. The molecule has 0 aliphatic heterocycles. The van der Waals surface area contributed by atoms with Crippen molar-refractivity contribution in [1.29, 1.82) is 0 Å². The van der Waals surface area contributed by atoms with Gasteiger partial charge in [0, 0.05) is 16.3 Å². The summed E-state index contributed by atoms with van der Waals surface area (Å²) < 4.78 is 12.8. The summed E-state index contributed by atoms with van der Waals surface area (Å²) in [5, 5.41) is 23.7. The number of thioether (sulfide) groups is 1. The molecule has 0 radical (unpaired) electrons.